The predicted octanol–water partition coefficient (Wildman–Crippen LogP) is 2.90. The van der Waals surface area contributed by atoms with Crippen molar-refractivity contribution in [1.82, 2.24) is 14.7 Å². The van der Waals surface area contributed by atoms with E-state index in [-0.39, 0.29) is 25.4 Å². The number of nitrogens with zero attached hydrogens (tertiary/aromatic N) is 3. The average molecular weight is 437 g/mol. The van der Waals surface area contributed by atoms with Crippen molar-refractivity contribution in [2.24, 2.45) is 0 Å². The highest BCUT2D eigenvalue weighted by Gasteiger charge is 2.41. The van der Waals surface area contributed by atoms with E-state index in [0.29, 0.717) is 6.54 Å². The third kappa shape index (κ3) is 5.66. The Morgan fingerprint density at radius 2 is 1.84 bits per heavy atom. The van der Waals surface area contributed by atoms with Crippen LogP contribution < -0.4 is 4.74 Å². The van der Waals surface area contributed by atoms with Gasteiger partial charge in [0.05, 0.1) is 19.7 Å². The van der Waals surface area contributed by atoms with E-state index in [9.17, 15) is 22.8 Å². The largest absolute Gasteiger partial charge is 0.497 e. The van der Waals surface area contributed by atoms with Crippen molar-refractivity contribution in [3.8, 4) is 5.75 Å². The van der Waals surface area contributed by atoms with Crippen molar-refractivity contribution in [3.63, 3.8) is 0 Å². The second-order valence-corrected chi connectivity index (χ2v) is 7.89. The van der Waals surface area contributed by atoms with Crippen LogP contribution in [0.25, 0.3) is 10.8 Å². The Kier molecular flexibility index (Phi) is 6.74. The minimum atomic E-state index is -4.43. The zero-order valence-electron chi connectivity index (χ0n) is 17.8. The van der Waals surface area contributed by atoms with Gasteiger partial charge in [-0.15, -0.1) is 0 Å². The van der Waals surface area contributed by atoms with Gasteiger partial charge in [-0.05, 0) is 48.0 Å². The number of likely N-dealkylation sites (N-methyl/N-ethyl adjacent to an activating group) is 2. The number of fused-ring (bicyclic) bond motifs is 1. The predicted molar refractivity (Wildman–Crippen MR) is 111 cm³/mol. The maximum absolute atomic E-state index is 12.6. The minimum Gasteiger partial charge on any atom is -0.497 e. The Morgan fingerprint density at radius 3 is 2.52 bits per heavy atom. The maximum atomic E-state index is 12.6. The summed E-state index contributed by atoms with van der Waals surface area (Å²) in [6.45, 7) is -0.873. The van der Waals surface area contributed by atoms with Crippen molar-refractivity contribution in [2.75, 3.05) is 40.8 Å². The van der Waals surface area contributed by atoms with E-state index in [0.717, 1.165) is 27.0 Å². The number of methoxy groups -OCH3 is 1. The molecule has 1 unspecified atom stereocenters. The van der Waals surface area contributed by atoms with Crippen molar-refractivity contribution in [1.29, 1.82) is 0 Å². The van der Waals surface area contributed by atoms with Crippen LogP contribution in [0.4, 0.5) is 13.2 Å². The van der Waals surface area contributed by atoms with Crippen LogP contribution >= 0.6 is 0 Å². The Hall–Kier alpha value is -2.81. The minimum absolute atomic E-state index is 0.0409. The number of hydrogen-bond donors (Lipinski definition) is 0. The Bertz CT molecular complexity index is 964. The monoisotopic (exact) mass is 437 g/mol. The van der Waals surface area contributed by atoms with Crippen LogP contribution in [0.5, 0.6) is 5.75 Å². The first-order valence-electron chi connectivity index (χ1n) is 9.94. The molecule has 0 aromatic heterocycles. The van der Waals surface area contributed by atoms with Gasteiger partial charge in [0.15, 0.2) is 0 Å². The molecular weight excluding hydrogens is 411 g/mol. The molecule has 1 heterocycles. The van der Waals surface area contributed by atoms with Crippen LogP contribution in [0, 0.1) is 0 Å². The summed E-state index contributed by atoms with van der Waals surface area (Å²) in [4.78, 5) is 28.8. The molecule has 1 aliphatic rings. The maximum Gasteiger partial charge on any atom is 0.406 e. The highest BCUT2D eigenvalue weighted by atomic mass is 19.4. The van der Waals surface area contributed by atoms with Gasteiger partial charge in [-0.2, -0.15) is 13.2 Å². The van der Waals surface area contributed by atoms with E-state index in [2.05, 4.69) is 0 Å². The second-order valence-electron chi connectivity index (χ2n) is 7.89. The van der Waals surface area contributed by atoms with Crippen molar-refractivity contribution in [2.45, 2.75) is 25.2 Å². The van der Waals surface area contributed by atoms with E-state index in [1.54, 1.807) is 26.1 Å². The first-order chi connectivity index (χ1) is 14.6. The summed E-state index contributed by atoms with van der Waals surface area (Å²) in [6.07, 6.45) is -4.15. The van der Waals surface area contributed by atoms with E-state index < -0.39 is 24.7 Å². The summed E-state index contributed by atoms with van der Waals surface area (Å²) in [7, 11) is 4.87. The van der Waals surface area contributed by atoms with Gasteiger partial charge in [-0.1, -0.05) is 18.2 Å². The van der Waals surface area contributed by atoms with E-state index in [4.69, 9.17) is 4.74 Å². The van der Waals surface area contributed by atoms with Gasteiger partial charge in [-0.3, -0.25) is 14.5 Å². The van der Waals surface area contributed by atoms with Crippen LogP contribution in [0.1, 0.15) is 12.0 Å². The molecule has 0 bridgehead atoms. The molecule has 3 rings (SSSR count). The molecule has 9 heteroatoms. The fourth-order valence-electron chi connectivity index (χ4n) is 3.81. The highest BCUT2D eigenvalue weighted by Crippen LogP contribution is 2.24. The normalized spacial score (nSPS) is 16.9. The molecule has 2 amide bonds. The third-order valence-corrected chi connectivity index (χ3v) is 5.51. The van der Waals surface area contributed by atoms with Gasteiger partial charge < -0.3 is 14.5 Å². The quantitative estimate of drug-likeness (QED) is 0.669. The lowest BCUT2D eigenvalue weighted by molar-refractivity contribution is -0.159. The Labute approximate surface area is 179 Å². The average Bonchev–Trinajstić information content (AvgIpc) is 3.06. The fourth-order valence-corrected chi connectivity index (χ4v) is 3.81. The number of rotatable bonds is 7. The summed E-state index contributed by atoms with van der Waals surface area (Å²) in [5.74, 6) is -0.0227. The molecular formula is C22H26F3N3O3. The summed E-state index contributed by atoms with van der Waals surface area (Å²) < 4.78 is 43.0. The SMILES string of the molecule is COc1ccc2cc(CN(C)C(=O)CN(C)C3CCN(CC(F)(F)F)C3=O)ccc2c1. The number of carbonyl (C=O) groups excluding carboxylic acids is 2. The van der Waals surface area contributed by atoms with Gasteiger partial charge in [0.1, 0.15) is 12.3 Å². The number of hydrogen-bond acceptors (Lipinski definition) is 4. The molecule has 0 N–H and O–H groups in total. The summed E-state index contributed by atoms with van der Waals surface area (Å²) in [6, 6.07) is 10.9. The van der Waals surface area contributed by atoms with E-state index in [1.807, 2.05) is 36.4 Å². The summed E-state index contributed by atoms with van der Waals surface area (Å²) >= 11 is 0. The number of likely N-dealkylation sites (tertiary alicyclic amines) is 1. The molecule has 1 atom stereocenters. The molecule has 6 nitrogen and oxygen atoms in total. The van der Waals surface area contributed by atoms with Crippen molar-refractivity contribution in [3.05, 3.63) is 42.0 Å². The topological polar surface area (TPSA) is 53.1 Å². The molecule has 1 fully saturated rings. The van der Waals surface area contributed by atoms with Crippen LogP contribution in [-0.4, -0.2) is 79.6 Å². The molecule has 0 saturated carbocycles. The summed E-state index contributed by atoms with van der Waals surface area (Å²) in [5.41, 5.74) is 0.949. The number of ether oxygens (including phenoxy) is 1. The van der Waals surface area contributed by atoms with Gasteiger partial charge in [-0.25, -0.2) is 0 Å². The Morgan fingerprint density at radius 1 is 1.16 bits per heavy atom. The van der Waals surface area contributed by atoms with Crippen LogP contribution in [0.2, 0.25) is 0 Å². The summed E-state index contributed by atoms with van der Waals surface area (Å²) in [5, 5.41) is 2.05. The van der Waals surface area contributed by atoms with Crippen LogP contribution in [-0.2, 0) is 16.1 Å². The number of carbonyl (C=O) groups is 2. The van der Waals surface area contributed by atoms with Gasteiger partial charge >= 0.3 is 6.18 Å². The Balaban J connectivity index is 1.58. The van der Waals surface area contributed by atoms with Crippen molar-refractivity contribution < 1.29 is 27.5 Å². The molecule has 0 radical (unpaired) electrons. The molecule has 1 saturated heterocycles. The third-order valence-electron chi connectivity index (χ3n) is 5.51. The van der Waals surface area contributed by atoms with Crippen LogP contribution in [0.3, 0.4) is 0 Å². The standard InChI is InChI=1S/C22H26F3N3O3/c1-26(19-8-9-28(21(19)30)14-22(23,24)25)13-20(29)27(2)12-15-4-5-17-11-18(31-3)7-6-16(17)10-15/h4-7,10-11,19H,8-9,12-14H2,1-3H3. The van der Waals surface area contributed by atoms with E-state index >= 15 is 0 Å². The van der Waals surface area contributed by atoms with Gasteiger partial charge in [0, 0.05) is 20.1 Å². The molecule has 31 heavy (non-hydrogen) atoms. The first kappa shape index (κ1) is 22.9. The molecule has 168 valence electrons. The zero-order chi connectivity index (χ0) is 22.8. The fraction of sp³-hybridized carbons (Fsp3) is 0.455. The lowest BCUT2D eigenvalue weighted by Gasteiger charge is -2.26. The van der Waals surface area contributed by atoms with Crippen molar-refractivity contribution >= 4 is 22.6 Å². The van der Waals surface area contributed by atoms with Crippen LogP contribution in [0.15, 0.2) is 36.4 Å². The number of amides is 2. The molecule has 2 aromatic carbocycles. The number of halogens is 3. The second kappa shape index (κ2) is 9.13. The molecule has 0 spiro atoms. The highest BCUT2D eigenvalue weighted by molar-refractivity contribution is 5.86. The van der Waals surface area contributed by atoms with Gasteiger partial charge in [0.2, 0.25) is 11.8 Å². The molecule has 0 aliphatic carbocycles. The molecule has 2 aromatic rings. The smallest absolute Gasteiger partial charge is 0.406 e. The number of alkyl halides is 3. The van der Waals surface area contributed by atoms with E-state index in [1.165, 1.54) is 4.90 Å². The number of benzene rings is 2. The lowest BCUT2D eigenvalue weighted by atomic mass is 10.1. The van der Waals surface area contributed by atoms with Gasteiger partial charge in [0.25, 0.3) is 0 Å². The zero-order valence-corrected chi connectivity index (χ0v) is 17.8. The molecule has 1 aliphatic heterocycles. The lowest BCUT2D eigenvalue weighted by Crippen LogP contribution is -2.46. The first-order valence-corrected chi connectivity index (χ1v) is 9.94.